The summed E-state index contributed by atoms with van der Waals surface area (Å²) in [5.74, 6) is -0.324. The van der Waals surface area contributed by atoms with E-state index in [1.54, 1.807) is 35.2 Å². The summed E-state index contributed by atoms with van der Waals surface area (Å²) in [6.07, 6.45) is 1.48. The molecule has 7 heteroatoms. The predicted molar refractivity (Wildman–Crippen MR) is 117 cm³/mol. The van der Waals surface area contributed by atoms with Gasteiger partial charge in [0.05, 0.1) is 11.3 Å². The van der Waals surface area contributed by atoms with E-state index in [9.17, 15) is 14.4 Å². The lowest BCUT2D eigenvalue weighted by Crippen LogP contribution is -2.45. The molecule has 2 unspecified atom stereocenters. The maximum Gasteiger partial charge on any atom is 0.228 e. The molecule has 0 saturated carbocycles. The lowest BCUT2D eigenvalue weighted by molar-refractivity contribution is -0.136. The molecule has 2 atom stereocenters. The summed E-state index contributed by atoms with van der Waals surface area (Å²) in [7, 11) is 3.38. The van der Waals surface area contributed by atoms with Gasteiger partial charge in [0.2, 0.25) is 17.7 Å². The molecule has 158 valence electrons. The van der Waals surface area contributed by atoms with E-state index in [1.165, 1.54) is 10.4 Å². The Balaban J connectivity index is 1.49. The Morgan fingerprint density at radius 1 is 1.23 bits per heavy atom. The van der Waals surface area contributed by atoms with Gasteiger partial charge < -0.3 is 15.1 Å². The third-order valence-corrected chi connectivity index (χ3v) is 7.29. The number of nitrogens with zero attached hydrogens (tertiary/aromatic N) is 2. The highest BCUT2D eigenvalue weighted by Gasteiger charge is 2.47. The van der Waals surface area contributed by atoms with Crippen molar-refractivity contribution in [3.63, 3.8) is 0 Å². The molecular weight excluding hydrogens is 398 g/mol. The molecule has 4 rings (SSSR count). The Bertz CT molecular complexity index is 941. The molecule has 1 aromatic carbocycles. The summed E-state index contributed by atoms with van der Waals surface area (Å²) in [5, 5.41) is 4.87. The minimum Gasteiger partial charge on any atom is -0.359 e. The molecule has 30 heavy (non-hydrogen) atoms. The van der Waals surface area contributed by atoms with Crippen LogP contribution in [0, 0.1) is 11.3 Å². The van der Waals surface area contributed by atoms with Gasteiger partial charge in [-0.25, -0.2) is 0 Å². The number of likely N-dealkylation sites (tertiary alicyclic amines) is 2. The number of carbonyl (C=O) groups is 3. The Morgan fingerprint density at radius 3 is 2.60 bits per heavy atom. The second-order valence-corrected chi connectivity index (χ2v) is 9.34. The summed E-state index contributed by atoms with van der Waals surface area (Å²) in [6.45, 7) is 1.41. The monoisotopic (exact) mass is 425 g/mol. The molecule has 3 amide bonds. The third kappa shape index (κ3) is 3.86. The number of hydrogen-bond acceptors (Lipinski definition) is 4. The Morgan fingerprint density at radius 2 is 2.00 bits per heavy atom. The van der Waals surface area contributed by atoms with Crippen LogP contribution in [0.4, 0.5) is 0 Å². The van der Waals surface area contributed by atoms with E-state index in [1.807, 2.05) is 6.07 Å². The van der Waals surface area contributed by atoms with Crippen molar-refractivity contribution in [2.24, 2.45) is 11.3 Å². The zero-order valence-electron chi connectivity index (χ0n) is 17.4. The van der Waals surface area contributed by atoms with Gasteiger partial charge in [-0.15, -0.1) is 11.3 Å². The average Bonchev–Trinajstić information content (AvgIpc) is 3.49. The molecule has 1 N–H and O–H groups in total. The smallest absolute Gasteiger partial charge is 0.228 e. The normalized spacial score (nSPS) is 23.8. The molecular formula is C23H27N3O3S. The molecule has 2 aliphatic heterocycles. The third-order valence-electron chi connectivity index (χ3n) is 6.37. The zero-order valence-corrected chi connectivity index (χ0v) is 18.2. The molecule has 2 aromatic rings. The SMILES string of the molecule is CNC(=O)C1(Cc2ccc(-c3cccs3)cc2)CCN(C(=O)C2CC(=O)N(C)C2)C1. The summed E-state index contributed by atoms with van der Waals surface area (Å²) >= 11 is 1.70. The number of amides is 3. The molecule has 3 heterocycles. The van der Waals surface area contributed by atoms with Crippen LogP contribution in [-0.2, 0) is 20.8 Å². The number of rotatable bonds is 5. The minimum atomic E-state index is -0.636. The van der Waals surface area contributed by atoms with Gasteiger partial charge in [-0.05, 0) is 35.4 Å². The average molecular weight is 426 g/mol. The maximum atomic E-state index is 13.0. The molecule has 0 spiro atoms. The van der Waals surface area contributed by atoms with Crippen LogP contribution in [0.3, 0.4) is 0 Å². The van der Waals surface area contributed by atoms with Gasteiger partial charge in [-0.3, -0.25) is 14.4 Å². The first kappa shape index (κ1) is 20.6. The van der Waals surface area contributed by atoms with Crippen molar-refractivity contribution in [3.8, 4) is 10.4 Å². The Hall–Kier alpha value is -2.67. The number of carbonyl (C=O) groups excluding carboxylic acids is 3. The van der Waals surface area contributed by atoms with Crippen molar-refractivity contribution >= 4 is 29.1 Å². The van der Waals surface area contributed by atoms with Crippen molar-refractivity contribution < 1.29 is 14.4 Å². The fourth-order valence-corrected chi connectivity index (χ4v) is 5.38. The maximum absolute atomic E-state index is 13.0. The van der Waals surface area contributed by atoms with E-state index in [0.717, 1.165) is 5.56 Å². The second-order valence-electron chi connectivity index (χ2n) is 8.40. The molecule has 2 aliphatic rings. The molecule has 1 aromatic heterocycles. The number of nitrogens with one attached hydrogen (secondary N) is 1. The molecule has 0 bridgehead atoms. The second kappa shape index (κ2) is 8.22. The van der Waals surface area contributed by atoms with Gasteiger partial charge in [-0.2, -0.15) is 0 Å². The highest BCUT2D eigenvalue weighted by atomic mass is 32.1. The largest absolute Gasteiger partial charge is 0.359 e. The van der Waals surface area contributed by atoms with Gasteiger partial charge in [0.15, 0.2) is 0 Å². The quantitative estimate of drug-likeness (QED) is 0.800. The molecule has 0 aliphatic carbocycles. The van der Waals surface area contributed by atoms with Crippen LogP contribution >= 0.6 is 11.3 Å². The molecule has 2 saturated heterocycles. The molecule has 6 nitrogen and oxygen atoms in total. The van der Waals surface area contributed by atoms with Crippen molar-refractivity contribution in [2.75, 3.05) is 33.7 Å². The van der Waals surface area contributed by atoms with Gasteiger partial charge in [0.1, 0.15) is 0 Å². The van der Waals surface area contributed by atoms with Gasteiger partial charge in [-0.1, -0.05) is 30.3 Å². The Kier molecular flexibility index (Phi) is 5.64. The fourth-order valence-electron chi connectivity index (χ4n) is 4.64. The van der Waals surface area contributed by atoms with Crippen LogP contribution in [0.1, 0.15) is 18.4 Å². The number of hydrogen-bond donors (Lipinski definition) is 1. The predicted octanol–water partition coefficient (Wildman–Crippen LogP) is 2.40. The van der Waals surface area contributed by atoms with Crippen molar-refractivity contribution in [1.82, 2.24) is 15.1 Å². The summed E-state index contributed by atoms with van der Waals surface area (Å²) < 4.78 is 0. The lowest BCUT2D eigenvalue weighted by atomic mass is 9.79. The van der Waals surface area contributed by atoms with E-state index < -0.39 is 5.41 Å². The van der Waals surface area contributed by atoms with Gasteiger partial charge in [0.25, 0.3) is 0 Å². The van der Waals surface area contributed by atoms with E-state index in [2.05, 4.69) is 41.0 Å². The summed E-state index contributed by atoms with van der Waals surface area (Å²) in [6, 6.07) is 12.5. The van der Waals surface area contributed by atoms with E-state index in [-0.39, 0.29) is 30.1 Å². The van der Waals surface area contributed by atoms with Crippen LogP contribution in [0.25, 0.3) is 10.4 Å². The lowest BCUT2D eigenvalue weighted by Gasteiger charge is -2.28. The van der Waals surface area contributed by atoms with Gasteiger partial charge in [0, 0.05) is 45.0 Å². The molecule has 0 radical (unpaired) electrons. The first-order chi connectivity index (χ1) is 14.4. The van der Waals surface area contributed by atoms with Crippen LogP contribution in [0.15, 0.2) is 41.8 Å². The van der Waals surface area contributed by atoms with E-state index in [0.29, 0.717) is 32.5 Å². The first-order valence-corrected chi connectivity index (χ1v) is 11.2. The van der Waals surface area contributed by atoms with E-state index >= 15 is 0 Å². The fraction of sp³-hybridized carbons (Fsp3) is 0.435. The topological polar surface area (TPSA) is 69.7 Å². The van der Waals surface area contributed by atoms with Gasteiger partial charge >= 0.3 is 0 Å². The highest BCUT2D eigenvalue weighted by Crippen LogP contribution is 2.36. The summed E-state index contributed by atoms with van der Waals surface area (Å²) in [5.41, 5.74) is 1.62. The highest BCUT2D eigenvalue weighted by molar-refractivity contribution is 7.13. The zero-order chi connectivity index (χ0) is 21.3. The van der Waals surface area contributed by atoms with E-state index in [4.69, 9.17) is 0 Å². The van der Waals surface area contributed by atoms with Crippen molar-refractivity contribution in [1.29, 1.82) is 0 Å². The first-order valence-electron chi connectivity index (χ1n) is 10.3. The minimum absolute atomic E-state index is 0.00785. The van der Waals surface area contributed by atoms with Crippen LogP contribution in [0.2, 0.25) is 0 Å². The van der Waals surface area contributed by atoms with Crippen LogP contribution in [0.5, 0.6) is 0 Å². The number of benzene rings is 1. The molecule has 2 fully saturated rings. The number of thiophene rings is 1. The summed E-state index contributed by atoms with van der Waals surface area (Å²) in [4.78, 5) is 42.3. The van der Waals surface area contributed by atoms with Crippen molar-refractivity contribution in [3.05, 3.63) is 47.3 Å². The van der Waals surface area contributed by atoms with Crippen LogP contribution in [-0.4, -0.2) is 61.3 Å². The standard InChI is InChI=1S/C23H27N3O3S/c1-24-22(29)23(13-16-5-7-17(8-6-16)19-4-3-11-30-19)9-10-26(15-23)21(28)18-12-20(27)25(2)14-18/h3-8,11,18H,9-10,12-15H2,1-2H3,(H,24,29). The van der Waals surface area contributed by atoms with Crippen LogP contribution < -0.4 is 5.32 Å². The van der Waals surface area contributed by atoms with Crippen molar-refractivity contribution in [2.45, 2.75) is 19.3 Å². The Labute approximate surface area is 180 Å².